The second-order valence-electron chi connectivity index (χ2n) is 5.82. The quantitative estimate of drug-likeness (QED) is 0.583. The predicted molar refractivity (Wildman–Crippen MR) is 80.7 cm³/mol. The summed E-state index contributed by atoms with van der Waals surface area (Å²) in [6.45, 7) is 1.72. The zero-order chi connectivity index (χ0) is 15.0. The van der Waals surface area contributed by atoms with Crippen LogP contribution >= 0.6 is 0 Å². The molecule has 118 valence electrons. The van der Waals surface area contributed by atoms with Crippen LogP contribution < -0.4 is 10.6 Å². The Bertz CT molecular complexity index is 372. The van der Waals surface area contributed by atoms with Gasteiger partial charge in [0.15, 0.2) is 5.79 Å². The molecule has 0 radical (unpaired) electrons. The lowest BCUT2D eigenvalue weighted by Gasteiger charge is -2.31. The van der Waals surface area contributed by atoms with Crippen LogP contribution in [0.1, 0.15) is 51.4 Å². The Kier molecular flexibility index (Phi) is 6.34. The van der Waals surface area contributed by atoms with E-state index in [0.717, 1.165) is 44.9 Å². The lowest BCUT2D eigenvalue weighted by Crippen LogP contribution is -2.41. The number of urea groups is 1. The Morgan fingerprint density at radius 3 is 2.81 bits per heavy atom. The molecule has 0 aromatic rings. The molecule has 2 amide bonds. The molecule has 2 rings (SSSR count). The van der Waals surface area contributed by atoms with E-state index in [0.29, 0.717) is 19.7 Å². The standard InChI is InChI=1S/C16H26N2O3/c1-2-3-4-8-11-17-15(19)18-12-14-13-20-16(21-14)9-6-5-7-10-16/h1,14H,3-13H2,(H2,17,18,19)/t14-/m0/s1. The molecule has 1 saturated carbocycles. The molecule has 0 bridgehead atoms. The Labute approximate surface area is 127 Å². The molecule has 1 aliphatic heterocycles. The number of terminal acetylenes is 1. The molecule has 5 heteroatoms. The molecule has 2 aliphatic rings. The van der Waals surface area contributed by atoms with E-state index in [2.05, 4.69) is 16.6 Å². The van der Waals surface area contributed by atoms with Gasteiger partial charge in [-0.15, -0.1) is 12.3 Å². The van der Waals surface area contributed by atoms with Crippen molar-refractivity contribution in [2.75, 3.05) is 19.7 Å². The molecule has 1 spiro atoms. The highest BCUT2D eigenvalue weighted by atomic mass is 16.7. The lowest BCUT2D eigenvalue weighted by molar-refractivity contribution is -0.186. The molecule has 21 heavy (non-hydrogen) atoms. The third-order valence-corrected chi connectivity index (χ3v) is 4.05. The van der Waals surface area contributed by atoms with Crippen LogP contribution in [0.2, 0.25) is 0 Å². The number of carbonyl (C=O) groups is 1. The van der Waals surface area contributed by atoms with Gasteiger partial charge in [0, 0.05) is 32.4 Å². The average molecular weight is 294 g/mol. The van der Waals surface area contributed by atoms with Crippen LogP contribution in [-0.2, 0) is 9.47 Å². The van der Waals surface area contributed by atoms with Crippen molar-refractivity contribution in [3.05, 3.63) is 0 Å². The average Bonchev–Trinajstić information content (AvgIpc) is 2.88. The van der Waals surface area contributed by atoms with Crippen molar-refractivity contribution in [2.45, 2.75) is 63.3 Å². The van der Waals surface area contributed by atoms with Gasteiger partial charge in [-0.1, -0.05) is 6.42 Å². The number of nitrogens with one attached hydrogen (secondary N) is 2. The summed E-state index contributed by atoms with van der Waals surface area (Å²) in [5, 5.41) is 5.66. The van der Waals surface area contributed by atoms with Crippen LogP contribution in [0.25, 0.3) is 0 Å². The lowest BCUT2D eigenvalue weighted by atomic mass is 9.94. The van der Waals surface area contributed by atoms with Crippen molar-refractivity contribution in [3.63, 3.8) is 0 Å². The minimum Gasteiger partial charge on any atom is -0.347 e. The zero-order valence-electron chi connectivity index (χ0n) is 12.7. The van der Waals surface area contributed by atoms with Gasteiger partial charge in [-0.25, -0.2) is 4.79 Å². The summed E-state index contributed by atoms with van der Waals surface area (Å²) in [6, 6.07) is -0.149. The Morgan fingerprint density at radius 2 is 2.05 bits per heavy atom. The number of unbranched alkanes of at least 4 members (excludes halogenated alkanes) is 2. The van der Waals surface area contributed by atoms with Crippen LogP contribution in [-0.4, -0.2) is 37.6 Å². The zero-order valence-corrected chi connectivity index (χ0v) is 12.7. The maximum Gasteiger partial charge on any atom is 0.314 e. The normalized spacial score (nSPS) is 23.7. The Morgan fingerprint density at radius 1 is 1.24 bits per heavy atom. The molecule has 2 fully saturated rings. The van der Waals surface area contributed by atoms with Gasteiger partial charge >= 0.3 is 6.03 Å². The first-order chi connectivity index (χ1) is 10.2. The van der Waals surface area contributed by atoms with Gasteiger partial charge in [0.05, 0.1) is 6.61 Å². The number of hydrogen-bond acceptors (Lipinski definition) is 3. The van der Waals surface area contributed by atoms with E-state index in [1.54, 1.807) is 0 Å². The topological polar surface area (TPSA) is 59.6 Å². The maximum absolute atomic E-state index is 11.6. The van der Waals surface area contributed by atoms with Crippen molar-refractivity contribution in [3.8, 4) is 12.3 Å². The summed E-state index contributed by atoms with van der Waals surface area (Å²) in [7, 11) is 0. The van der Waals surface area contributed by atoms with Crippen molar-refractivity contribution < 1.29 is 14.3 Å². The minimum absolute atomic E-state index is 0.0321. The predicted octanol–water partition coefficient (Wildman–Crippen LogP) is 2.16. The number of carbonyl (C=O) groups excluding carboxylic acids is 1. The fourth-order valence-corrected chi connectivity index (χ4v) is 2.89. The molecular weight excluding hydrogens is 268 g/mol. The summed E-state index contributed by atoms with van der Waals surface area (Å²) < 4.78 is 11.9. The molecule has 1 saturated heterocycles. The molecule has 0 aromatic carbocycles. The monoisotopic (exact) mass is 294 g/mol. The second-order valence-corrected chi connectivity index (χ2v) is 5.82. The molecule has 1 atom stereocenters. The van der Waals surface area contributed by atoms with Crippen LogP contribution in [0, 0.1) is 12.3 Å². The summed E-state index contributed by atoms with van der Waals surface area (Å²) in [4.78, 5) is 11.6. The van der Waals surface area contributed by atoms with Crippen LogP contribution in [0.3, 0.4) is 0 Å². The number of hydrogen-bond donors (Lipinski definition) is 2. The molecule has 0 aromatic heterocycles. The van der Waals surface area contributed by atoms with Crippen molar-refractivity contribution in [1.29, 1.82) is 0 Å². The van der Waals surface area contributed by atoms with Crippen molar-refractivity contribution >= 4 is 6.03 Å². The van der Waals surface area contributed by atoms with E-state index >= 15 is 0 Å². The van der Waals surface area contributed by atoms with Crippen LogP contribution in [0.15, 0.2) is 0 Å². The van der Waals surface area contributed by atoms with Crippen LogP contribution in [0.5, 0.6) is 0 Å². The number of ether oxygens (including phenoxy) is 2. The number of rotatable bonds is 6. The van der Waals surface area contributed by atoms with Gasteiger partial charge in [-0.05, 0) is 25.7 Å². The van der Waals surface area contributed by atoms with Gasteiger partial charge < -0.3 is 20.1 Å². The Hall–Kier alpha value is -1.25. The Balaban J connectivity index is 1.56. The van der Waals surface area contributed by atoms with Crippen LogP contribution in [0.4, 0.5) is 4.79 Å². The van der Waals surface area contributed by atoms with Crippen molar-refractivity contribution in [1.82, 2.24) is 10.6 Å². The van der Waals surface area contributed by atoms with E-state index in [9.17, 15) is 4.79 Å². The highest BCUT2D eigenvalue weighted by Crippen LogP contribution is 2.37. The molecule has 2 N–H and O–H groups in total. The van der Waals surface area contributed by atoms with E-state index in [4.69, 9.17) is 15.9 Å². The molecule has 1 heterocycles. The summed E-state index contributed by atoms with van der Waals surface area (Å²) in [5.41, 5.74) is 0. The van der Waals surface area contributed by atoms with Gasteiger partial charge in [-0.2, -0.15) is 0 Å². The van der Waals surface area contributed by atoms with Gasteiger partial charge in [0.1, 0.15) is 6.10 Å². The first kappa shape index (κ1) is 16.1. The maximum atomic E-state index is 11.6. The van der Waals surface area contributed by atoms with E-state index in [1.807, 2.05) is 0 Å². The summed E-state index contributed by atoms with van der Waals surface area (Å²) >= 11 is 0. The van der Waals surface area contributed by atoms with Gasteiger partial charge in [-0.3, -0.25) is 0 Å². The minimum atomic E-state index is -0.365. The summed E-state index contributed by atoms with van der Waals surface area (Å²) in [5.74, 6) is 2.22. The molecule has 0 unspecified atom stereocenters. The smallest absolute Gasteiger partial charge is 0.314 e. The first-order valence-corrected chi connectivity index (χ1v) is 8.01. The third-order valence-electron chi connectivity index (χ3n) is 4.05. The fourth-order valence-electron chi connectivity index (χ4n) is 2.89. The highest BCUT2D eigenvalue weighted by molar-refractivity contribution is 5.73. The largest absolute Gasteiger partial charge is 0.347 e. The van der Waals surface area contributed by atoms with E-state index < -0.39 is 0 Å². The highest BCUT2D eigenvalue weighted by Gasteiger charge is 2.42. The molecular formula is C16H26N2O3. The van der Waals surface area contributed by atoms with Crippen molar-refractivity contribution in [2.24, 2.45) is 0 Å². The molecule has 5 nitrogen and oxygen atoms in total. The first-order valence-electron chi connectivity index (χ1n) is 8.01. The van der Waals surface area contributed by atoms with E-state index in [-0.39, 0.29) is 17.9 Å². The SMILES string of the molecule is C#CCCCCNC(=O)NC[C@H]1COC2(CCCCC2)O1. The van der Waals surface area contributed by atoms with Gasteiger partial charge in [0.25, 0.3) is 0 Å². The second kappa shape index (κ2) is 8.26. The summed E-state index contributed by atoms with van der Waals surface area (Å²) in [6.07, 6.45) is 13.3. The third kappa shape index (κ3) is 5.22. The molecule has 1 aliphatic carbocycles. The number of amides is 2. The van der Waals surface area contributed by atoms with Gasteiger partial charge in [0.2, 0.25) is 0 Å². The fraction of sp³-hybridized carbons (Fsp3) is 0.812. The van der Waals surface area contributed by atoms with E-state index in [1.165, 1.54) is 6.42 Å².